The van der Waals surface area contributed by atoms with Crippen LogP contribution >= 0.6 is 0 Å². The summed E-state index contributed by atoms with van der Waals surface area (Å²) in [5.74, 6) is 0.695. The van der Waals surface area contributed by atoms with Crippen LogP contribution in [0.25, 0.3) is 5.78 Å². The molecule has 2 aromatic heterocycles. The fourth-order valence-electron chi connectivity index (χ4n) is 2.38. The minimum absolute atomic E-state index is 0.499. The molecule has 2 aromatic rings. The highest BCUT2D eigenvalue weighted by Crippen LogP contribution is 2.10. The molecule has 19 heavy (non-hydrogen) atoms. The number of fused-ring (bicyclic) bond motifs is 1. The summed E-state index contributed by atoms with van der Waals surface area (Å²) in [6.07, 6.45) is 6.06. The molecule has 1 unspecified atom stereocenters. The highest BCUT2D eigenvalue weighted by atomic mass is 15.3. The molecule has 2 heterocycles. The number of aryl methyl sites for hydroxylation is 1. The fraction of sp³-hybridized carbons (Fsp3) is 0.643. The maximum atomic E-state index is 4.38. The molecule has 0 spiro atoms. The van der Waals surface area contributed by atoms with Gasteiger partial charge in [-0.25, -0.2) is 9.50 Å². The Bertz CT molecular complexity index is 520. The van der Waals surface area contributed by atoms with Gasteiger partial charge in [-0.1, -0.05) is 20.3 Å². The molecule has 0 aliphatic heterocycles. The minimum atomic E-state index is 0.499. The van der Waals surface area contributed by atoms with Gasteiger partial charge in [-0.05, 0) is 32.4 Å². The number of hydrogen-bond donors (Lipinski definition) is 1. The second-order valence-electron chi connectivity index (χ2n) is 5.00. The van der Waals surface area contributed by atoms with Crippen molar-refractivity contribution < 1.29 is 0 Å². The zero-order valence-corrected chi connectivity index (χ0v) is 12.1. The third kappa shape index (κ3) is 3.50. The summed E-state index contributed by atoms with van der Waals surface area (Å²) >= 11 is 0. The maximum Gasteiger partial charge on any atom is 0.252 e. The van der Waals surface area contributed by atoms with Gasteiger partial charge in [0.15, 0.2) is 0 Å². The van der Waals surface area contributed by atoms with Gasteiger partial charge in [0.2, 0.25) is 0 Å². The molecule has 0 saturated heterocycles. The molecule has 0 radical (unpaired) electrons. The van der Waals surface area contributed by atoms with Crippen molar-refractivity contribution in [3.63, 3.8) is 0 Å². The zero-order valence-electron chi connectivity index (χ0n) is 12.1. The van der Waals surface area contributed by atoms with Crippen molar-refractivity contribution in [1.29, 1.82) is 0 Å². The quantitative estimate of drug-likeness (QED) is 0.829. The second kappa shape index (κ2) is 6.61. The lowest BCUT2D eigenvalue weighted by molar-refractivity contribution is 0.465. The Labute approximate surface area is 114 Å². The first-order valence-electron chi connectivity index (χ1n) is 7.14. The molecular weight excluding hydrogens is 238 g/mol. The molecule has 0 fully saturated rings. The van der Waals surface area contributed by atoms with Gasteiger partial charge in [0.05, 0.1) is 0 Å². The second-order valence-corrected chi connectivity index (χ2v) is 5.00. The van der Waals surface area contributed by atoms with Gasteiger partial charge < -0.3 is 5.32 Å². The maximum absolute atomic E-state index is 4.38. The van der Waals surface area contributed by atoms with E-state index in [9.17, 15) is 0 Å². The molecular formula is C14H23N5. The van der Waals surface area contributed by atoms with Gasteiger partial charge in [0, 0.05) is 23.9 Å². The van der Waals surface area contributed by atoms with Crippen LogP contribution in [-0.4, -0.2) is 32.2 Å². The average Bonchev–Trinajstić information content (AvgIpc) is 2.84. The highest BCUT2D eigenvalue weighted by Gasteiger charge is 2.12. The molecule has 2 rings (SSSR count). The summed E-state index contributed by atoms with van der Waals surface area (Å²) in [4.78, 5) is 8.56. The van der Waals surface area contributed by atoms with Crippen LogP contribution in [0.15, 0.2) is 12.4 Å². The number of hydrogen-bond acceptors (Lipinski definition) is 4. The summed E-state index contributed by atoms with van der Waals surface area (Å²) in [5, 5.41) is 7.88. The minimum Gasteiger partial charge on any atom is -0.314 e. The summed E-state index contributed by atoms with van der Waals surface area (Å²) in [7, 11) is 0. The van der Waals surface area contributed by atoms with Crippen molar-refractivity contribution in [3.8, 4) is 0 Å². The van der Waals surface area contributed by atoms with Crippen LogP contribution in [0.4, 0.5) is 0 Å². The van der Waals surface area contributed by atoms with Crippen LogP contribution in [0.3, 0.4) is 0 Å². The van der Waals surface area contributed by atoms with E-state index in [2.05, 4.69) is 40.3 Å². The molecule has 5 heteroatoms. The highest BCUT2D eigenvalue weighted by molar-refractivity contribution is 5.30. The molecule has 0 aromatic carbocycles. The van der Waals surface area contributed by atoms with Gasteiger partial charge in [-0.2, -0.15) is 10.1 Å². The molecule has 0 bridgehead atoms. The Morgan fingerprint density at radius 3 is 2.89 bits per heavy atom. The molecule has 0 saturated carbocycles. The Hall–Kier alpha value is -1.49. The summed E-state index contributed by atoms with van der Waals surface area (Å²) in [6.45, 7) is 7.49. The summed E-state index contributed by atoms with van der Waals surface area (Å²) in [5.41, 5.74) is 2.18. The van der Waals surface area contributed by atoms with E-state index in [-0.39, 0.29) is 0 Å². The van der Waals surface area contributed by atoms with E-state index in [0.29, 0.717) is 11.8 Å². The molecule has 0 aliphatic carbocycles. The summed E-state index contributed by atoms with van der Waals surface area (Å²) < 4.78 is 1.85. The van der Waals surface area contributed by atoms with E-state index >= 15 is 0 Å². The van der Waals surface area contributed by atoms with Crippen molar-refractivity contribution in [2.45, 2.75) is 52.5 Å². The standard InChI is InChI=1S/C14H23N5/c1-4-6-12(15-7-5-2)9-13-8-11(3)18-14-16-10-17-19(13)14/h8,10,12,15H,4-7,9H2,1-3H3. The van der Waals surface area contributed by atoms with Crippen LogP contribution in [0.1, 0.15) is 44.5 Å². The SMILES string of the molecule is CCCNC(CCC)Cc1cc(C)nc2ncnn12. The first-order chi connectivity index (χ1) is 9.24. The largest absolute Gasteiger partial charge is 0.314 e. The molecule has 0 aliphatic rings. The van der Waals surface area contributed by atoms with Gasteiger partial charge in [-0.3, -0.25) is 0 Å². The van der Waals surface area contributed by atoms with E-state index in [1.165, 1.54) is 18.5 Å². The number of rotatable bonds is 7. The van der Waals surface area contributed by atoms with Crippen LogP contribution in [0, 0.1) is 6.92 Å². The Kier molecular flexibility index (Phi) is 4.85. The number of nitrogens with one attached hydrogen (secondary N) is 1. The van der Waals surface area contributed by atoms with Crippen molar-refractivity contribution in [1.82, 2.24) is 24.9 Å². The van der Waals surface area contributed by atoms with E-state index in [1.54, 1.807) is 6.33 Å². The van der Waals surface area contributed by atoms with Crippen LogP contribution < -0.4 is 5.32 Å². The topological polar surface area (TPSA) is 55.1 Å². The van der Waals surface area contributed by atoms with E-state index in [1.807, 2.05) is 11.4 Å². The van der Waals surface area contributed by atoms with Gasteiger partial charge in [-0.15, -0.1) is 0 Å². The molecule has 1 atom stereocenters. The van der Waals surface area contributed by atoms with E-state index in [4.69, 9.17) is 0 Å². The third-order valence-electron chi connectivity index (χ3n) is 3.23. The first-order valence-corrected chi connectivity index (χ1v) is 7.14. The fourth-order valence-corrected chi connectivity index (χ4v) is 2.38. The van der Waals surface area contributed by atoms with Crippen molar-refractivity contribution in [3.05, 3.63) is 23.8 Å². The van der Waals surface area contributed by atoms with E-state index in [0.717, 1.165) is 25.1 Å². The Morgan fingerprint density at radius 1 is 1.32 bits per heavy atom. The molecule has 5 nitrogen and oxygen atoms in total. The van der Waals surface area contributed by atoms with Crippen LogP contribution in [0.5, 0.6) is 0 Å². The summed E-state index contributed by atoms with van der Waals surface area (Å²) in [6, 6.07) is 2.61. The number of aromatic nitrogens is 4. The van der Waals surface area contributed by atoms with Gasteiger partial charge in [0.1, 0.15) is 6.33 Å². The monoisotopic (exact) mass is 261 g/mol. The van der Waals surface area contributed by atoms with E-state index < -0.39 is 0 Å². The smallest absolute Gasteiger partial charge is 0.252 e. The lowest BCUT2D eigenvalue weighted by Crippen LogP contribution is -2.32. The van der Waals surface area contributed by atoms with Crippen LogP contribution in [0.2, 0.25) is 0 Å². The Balaban J connectivity index is 2.19. The first kappa shape index (κ1) is 13.9. The number of nitrogens with zero attached hydrogens (tertiary/aromatic N) is 4. The predicted molar refractivity (Wildman–Crippen MR) is 76.2 cm³/mol. The van der Waals surface area contributed by atoms with Gasteiger partial charge in [0.25, 0.3) is 5.78 Å². The van der Waals surface area contributed by atoms with Crippen molar-refractivity contribution in [2.24, 2.45) is 0 Å². The molecule has 0 amide bonds. The molecule has 104 valence electrons. The van der Waals surface area contributed by atoms with Crippen molar-refractivity contribution in [2.75, 3.05) is 6.54 Å². The molecule has 1 N–H and O–H groups in total. The third-order valence-corrected chi connectivity index (χ3v) is 3.23. The van der Waals surface area contributed by atoms with Crippen LogP contribution in [-0.2, 0) is 6.42 Å². The Morgan fingerprint density at radius 2 is 2.16 bits per heavy atom. The predicted octanol–water partition coefficient (Wildman–Crippen LogP) is 2.14. The normalized spacial score (nSPS) is 13.0. The van der Waals surface area contributed by atoms with Crippen molar-refractivity contribution >= 4 is 5.78 Å². The van der Waals surface area contributed by atoms with Gasteiger partial charge >= 0.3 is 0 Å². The lowest BCUT2D eigenvalue weighted by Gasteiger charge is -2.18. The zero-order chi connectivity index (χ0) is 13.7. The average molecular weight is 261 g/mol. The lowest BCUT2D eigenvalue weighted by atomic mass is 10.1.